The van der Waals surface area contributed by atoms with Gasteiger partial charge in [0.15, 0.2) is 0 Å². The van der Waals surface area contributed by atoms with Gasteiger partial charge in [-0.3, -0.25) is 0 Å². The van der Waals surface area contributed by atoms with Crippen LogP contribution < -0.4 is 0 Å². The summed E-state index contributed by atoms with van der Waals surface area (Å²) in [6.45, 7) is 8.44. The second kappa shape index (κ2) is 15.9. The maximum absolute atomic E-state index is 4.53. The lowest BCUT2D eigenvalue weighted by Crippen LogP contribution is -1.99. The minimum atomic E-state index is 0.952. The molecule has 0 radical (unpaired) electrons. The fourth-order valence-electron chi connectivity index (χ4n) is 7.77. The lowest BCUT2D eigenvalue weighted by molar-refractivity contribution is 1.05. The highest BCUT2D eigenvalue weighted by Gasteiger charge is 2.22. The molecule has 54 heavy (non-hydrogen) atoms. The van der Waals surface area contributed by atoms with Crippen molar-refractivity contribution in [2.45, 2.75) is 12.8 Å². The molecule has 0 atom stereocenters. The van der Waals surface area contributed by atoms with Gasteiger partial charge in [-0.05, 0) is 102 Å². The third kappa shape index (κ3) is 6.90. The molecule has 0 amide bonds. The monoisotopic (exact) mass is 690 g/mol. The van der Waals surface area contributed by atoms with Crippen LogP contribution in [0.5, 0.6) is 0 Å². The molecule has 0 N–H and O–H groups in total. The zero-order chi connectivity index (χ0) is 36.7. The van der Waals surface area contributed by atoms with Crippen LogP contribution in [0, 0.1) is 0 Å². The van der Waals surface area contributed by atoms with Crippen LogP contribution in [0.15, 0.2) is 219 Å². The molecule has 7 aromatic carbocycles. The van der Waals surface area contributed by atoms with Crippen LogP contribution in [-0.4, -0.2) is 0 Å². The molecular weight excluding hydrogens is 649 g/mol. The summed E-state index contributed by atoms with van der Waals surface area (Å²) in [6, 6.07) is 61.6. The van der Waals surface area contributed by atoms with Gasteiger partial charge in [0.05, 0.1) is 0 Å². The van der Waals surface area contributed by atoms with E-state index in [-0.39, 0.29) is 0 Å². The molecule has 1 aliphatic carbocycles. The van der Waals surface area contributed by atoms with E-state index in [4.69, 9.17) is 0 Å². The predicted molar refractivity (Wildman–Crippen MR) is 234 cm³/mol. The summed E-state index contributed by atoms with van der Waals surface area (Å²) >= 11 is 0. The van der Waals surface area contributed by atoms with E-state index >= 15 is 0 Å². The van der Waals surface area contributed by atoms with Gasteiger partial charge in [0, 0.05) is 0 Å². The highest BCUT2D eigenvalue weighted by molar-refractivity contribution is 6.03. The van der Waals surface area contributed by atoms with Gasteiger partial charge in [-0.1, -0.05) is 219 Å². The highest BCUT2D eigenvalue weighted by Crippen LogP contribution is 2.48. The fourth-order valence-corrected chi connectivity index (χ4v) is 7.77. The SMILES string of the molecule is C=C/C=C\C(=C)c1ccc(C2=CC=CCC2)c(-c2ccc(-c3c(-c4ccccc4)ccc(-c4ccccc4)c3-c3ccccc3)cc2)c1-c1ccccc1. The Balaban J connectivity index is 1.40. The van der Waals surface area contributed by atoms with Crippen molar-refractivity contribution >= 4 is 11.1 Å². The number of rotatable bonds is 10. The summed E-state index contributed by atoms with van der Waals surface area (Å²) in [5.41, 5.74) is 19.1. The molecule has 7 aromatic rings. The first kappa shape index (κ1) is 34.3. The maximum Gasteiger partial charge on any atom is -0.00206 e. The Labute approximate surface area is 320 Å². The molecule has 0 heteroatoms. The molecule has 0 nitrogen and oxygen atoms in total. The van der Waals surface area contributed by atoms with Gasteiger partial charge in [0.2, 0.25) is 0 Å². The summed E-state index contributed by atoms with van der Waals surface area (Å²) in [6.07, 6.45) is 14.6. The van der Waals surface area contributed by atoms with Crippen molar-refractivity contribution in [1.29, 1.82) is 0 Å². The Morgan fingerprint density at radius 2 is 0.870 bits per heavy atom. The number of hydrogen-bond donors (Lipinski definition) is 0. The van der Waals surface area contributed by atoms with Crippen molar-refractivity contribution in [2.24, 2.45) is 0 Å². The molecule has 0 fully saturated rings. The summed E-state index contributed by atoms with van der Waals surface area (Å²) in [7, 11) is 0. The standard InChI is InChI=1S/C54H42/c1-3-4-20-39(2)47-35-36-48(40-21-10-5-11-22-40)53(51(47)43-27-16-8-17-28-43)45-31-33-46(34-32-45)54-50(42-25-14-7-15-26-42)38-37-49(41-23-12-6-13-24-41)52(54)44-29-18-9-19-30-44/h3-10,12-21,23-38H,1-2,11,22H2/b20-4-. The van der Waals surface area contributed by atoms with Crippen LogP contribution in [-0.2, 0) is 0 Å². The van der Waals surface area contributed by atoms with Crippen molar-refractivity contribution in [1.82, 2.24) is 0 Å². The second-order valence-electron chi connectivity index (χ2n) is 13.6. The zero-order valence-corrected chi connectivity index (χ0v) is 30.5. The summed E-state index contributed by atoms with van der Waals surface area (Å²) < 4.78 is 0. The summed E-state index contributed by atoms with van der Waals surface area (Å²) in [5.74, 6) is 0. The average molecular weight is 691 g/mol. The third-order valence-corrected chi connectivity index (χ3v) is 10.3. The molecule has 0 spiro atoms. The van der Waals surface area contributed by atoms with E-state index in [9.17, 15) is 0 Å². The van der Waals surface area contributed by atoms with E-state index < -0.39 is 0 Å². The minimum absolute atomic E-state index is 0.952. The third-order valence-electron chi connectivity index (χ3n) is 10.3. The van der Waals surface area contributed by atoms with E-state index in [0.717, 1.165) is 24.0 Å². The summed E-state index contributed by atoms with van der Waals surface area (Å²) in [5, 5.41) is 0. The van der Waals surface area contributed by atoms with Gasteiger partial charge in [-0.25, -0.2) is 0 Å². The van der Waals surface area contributed by atoms with Crippen LogP contribution in [0.25, 0.3) is 77.9 Å². The number of hydrogen-bond acceptors (Lipinski definition) is 0. The van der Waals surface area contributed by atoms with Crippen LogP contribution in [0.2, 0.25) is 0 Å². The van der Waals surface area contributed by atoms with Crippen molar-refractivity contribution in [3.8, 4) is 66.8 Å². The Morgan fingerprint density at radius 3 is 1.33 bits per heavy atom. The molecule has 0 saturated heterocycles. The molecule has 0 saturated carbocycles. The second-order valence-corrected chi connectivity index (χ2v) is 13.6. The van der Waals surface area contributed by atoms with E-state index in [2.05, 4.69) is 207 Å². The quantitative estimate of drug-likeness (QED) is 0.125. The molecule has 0 bridgehead atoms. The molecule has 8 rings (SSSR count). The molecule has 258 valence electrons. The Bertz CT molecular complexity index is 2510. The molecule has 0 aliphatic heterocycles. The zero-order valence-electron chi connectivity index (χ0n) is 30.5. The maximum atomic E-state index is 4.53. The number of allylic oxidation sites excluding steroid dienone is 8. The van der Waals surface area contributed by atoms with Crippen LogP contribution >= 0.6 is 0 Å². The van der Waals surface area contributed by atoms with Crippen molar-refractivity contribution in [3.63, 3.8) is 0 Å². The summed E-state index contributed by atoms with van der Waals surface area (Å²) in [4.78, 5) is 0. The lowest BCUT2D eigenvalue weighted by atomic mass is 9.80. The van der Waals surface area contributed by atoms with Gasteiger partial charge in [-0.15, -0.1) is 0 Å². The normalized spacial score (nSPS) is 12.4. The largest absolute Gasteiger partial charge is 0.0991 e. The van der Waals surface area contributed by atoms with Gasteiger partial charge < -0.3 is 0 Å². The molecular formula is C54H42. The first-order valence-electron chi connectivity index (χ1n) is 18.7. The highest BCUT2D eigenvalue weighted by atomic mass is 14.3. The molecule has 0 heterocycles. The molecule has 0 unspecified atom stereocenters. The van der Waals surface area contributed by atoms with E-state index in [0.29, 0.717) is 0 Å². The van der Waals surface area contributed by atoms with Crippen molar-refractivity contribution in [3.05, 3.63) is 231 Å². The minimum Gasteiger partial charge on any atom is -0.0991 e. The van der Waals surface area contributed by atoms with E-state index in [1.54, 1.807) is 6.08 Å². The number of benzene rings is 7. The van der Waals surface area contributed by atoms with E-state index in [1.807, 2.05) is 6.08 Å². The Morgan fingerprint density at radius 1 is 0.444 bits per heavy atom. The smallest absolute Gasteiger partial charge is 0.00206 e. The van der Waals surface area contributed by atoms with Crippen LogP contribution in [0.4, 0.5) is 0 Å². The van der Waals surface area contributed by atoms with Crippen LogP contribution in [0.1, 0.15) is 24.0 Å². The first-order chi connectivity index (χ1) is 26.7. The molecule has 0 aromatic heterocycles. The molecule has 1 aliphatic rings. The fraction of sp³-hybridized carbons (Fsp3) is 0.0370. The first-order valence-corrected chi connectivity index (χ1v) is 18.7. The van der Waals surface area contributed by atoms with Crippen molar-refractivity contribution < 1.29 is 0 Å². The Kier molecular flexibility index (Phi) is 10.1. The topological polar surface area (TPSA) is 0 Å². The van der Waals surface area contributed by atoms with Gasteiger partial charge in [0.1, 0.15) is 0 Å². The predicted octanol–water partition coefficient (Wildman–Crippen LogP) is 15.2. The van der Waals surface area contributed by atoms with Crippen molar-refractivity contribution in [2.75, 3.05) is 0 Å². The van der Waals surface area contributed by atoms with E-state index in [1.165, 1.54) is 77.9 Å². The average Bonchev–Trinajstić information content (AvgIpc) is 3.26. The van der Waals surface area contributed by atoms with Gasteiger partial charge in [0.25, 0.3) is 0 Å². The van der Waals surface area contributed by atoms with Gasteiger partial charge >= 0.3 is 0 Å². The lowest BCUT2D eigenvalue weighted by Gasteiger charge is -2.23. The Hall–Kier alpha value is -6.76. The van der Waals surface area contributed by atoms with Gasteiger partial charge in [-0.2, -0.15) is 0 Å². The van der Waals surface area contributed by atoms with Crippen LogP contribution in [0.3, 0.4) is 0 Å².